The summed E-state index contributed by atoms with van der Waals surface area (Å²) in [5.74, 6) is 0.216. The van der Waals surface area contributed by atoms with Gasteiger partial charge in [0, 0.05) is 23.2 Å². The SMILES string of the molecule is Cc1cc(C(=O)NC2CCNCC2C)ccc1[N+](=O)[O-]. The fraction of sp³-hybridized carbons (Fsp3) is 0.500. The highest BCUT2D eigenvalue weighted by Crippen LogP contribution is 2.19. The number of benzene rings is 1. The van der Waals surface area contributed by atoms with E-state index < -0.39 is 4.92 Å². The number of nitrogens with zero attached hydrogens (tertiary/aromatic N) is 1. The number of hydrogen-bond donors (Lipinski definition) is 2. The number of carbonyl (C=O) groups is 1. The largest absolute Gasteiger partial charge is 0.349 e. The third-order valence-electron chi connectivity index (χ3n) is 3.76. The molecule has 0 radical (unpaired) electrons. The smallest absolute Gasteiger partial charge is 0.272 e. The first-order valence-corrected chi connectivity index (χ1v) is 6.75. The van der Waals surface area contributed by atoms with Crippen LogP contribution in [0.25, 0.3) is 0 Å². The van der Waals surface area contributed by atoms with Crippen molar-refractivity contribution < 1.29 is 9.72 Å². The molecule has 6 heteroatoms. The summed E-state index contributed by atoms with van der Waals surface area (Å²) in [6, 6.07) is 4.61. The molecule has 1 aliphatic heterocycles. The molecule has 1 aliphatic rings. The number of hydrogen-bond acceptors (Lipinski definition) is 4. The van der Waals surface area contributed by atoms with Crippen LogP contribution in [0.2, 0.25) is 0 Å². The van der Waals surface area contributed by atoms with E-state index in [1.807, 2.05) is 0 Å². The summed E-state index contributed by atoms with van der Waals surface area (Å²) in [6.07, 6.45) is 0.902. The van der Waals surface area contributed by atoms with Crippen molar-refractivity contribution in [1.29, 1.82) is 0 Å². The van der Waals surface area contributed by atoms with Gasteiger partial charge in [-0.25, -0.2) is 0 Å². The number of piperidine rings is 1. The van der Waals surface area contributed by atoms with Crippen molar-refractivity contribution in [3.63, 3.8) is 0 Å². The maximum Gasteiger partial charge on any atom is 0.272 e. The number of nitro benzene ring substituents is 1. The molecule has 1 saturated heterocycles. The lowest BCUT2D eigenvalue weighted by Crippen LogP contribution is -2.48. The molecule has 1 heterocycles. The van der Waals surface area contributed by atoms with Gasteiger partial charge in [-0.05, 0) is 44.5 Å². The van der Waals surface area contributed by atoms with E-state index in [0.29, 0.717) is 17.0 Å². The van der Waals surface area contributed by atoms with Crippen molar-refractivity contribution in [1.82, 2.24) is 10.6 Å². The highest BCUT2D eigenvalue weighted by atomic mass is 16.6. The van der Waals surface area contributed by atoms with Crippen molar-refractivity contribution in [2.24, 2.45) is 5.92 Å². The van der Waals surface area contributed by atoms with Crippen LogP contribution < -0.4 is 10.6 Å². The zero-order valence-corrected chi connectivity index (χ0v) is 11.7. The molecule has 0 saturated carbocycles. The lowest BCUT2D eigenvalue weighted by atomic mass is 9.95. The van der Waals surface area contributed by atoms with Gasteiger partial charge >= 0.3 is 0 Å². The van der Waals surface area contributed by atoms with Gasteiger partial charge in [-0.2, -0.15) is 0 Å². The van der Waals surface area contributed by atoms with E-state index >= 15 is 0 Å². The predicted octanol–water partition coefficient (Wildman–Crippen LogP) is 1.63. The molecule has 2 rings (SSSR count). The van der Waals surface area contributed by atoms with Crippen molar-refractivity contribution in [2.45, 2.75) is 26.3 Å². The molecule has 0 bridgehead atoms. The van der Waals surface area contributed by atoms with Gasteiger partial charge in [0.05, 0.1) is 4.92 Å². The Morgan fingerprint density at radius 2 is 2.25 bits per heavy atom. The topological polar surface area (TPSA) is 84.3 Å². The monoisotopic (exact) mass is 277 g/mol. The minimum absolute atomic E-state index is 0.0387. The summed E-state index contributed by atoms with van der Waals surface area (Å²) in [5, 5.41) is 17.1. The number of rotatable bonds is 3. The quantitative estimate of drug-likeness (QED) is 0.649. The van der Waals surface area contributed by atoms with Crippen LogP contribution in [0.4, 0.5) is 5.69 Å². The number of nitrogens with one attached hydrogen (secondary N) is 2. The van der Waals surface area contributed by atoms with Gasteiger partial charge in [-0.3, -0.25) is 14.9 Å². The molecule has 1 aromatic rings. The van der Waals surface area contributed by atoms with Crippen molar-refractivity contribution in [2.75, 3.05) is 13.1 Å². The first-order valence-electron chi connectivity index (χ1n) is 6.75. The van der Waals surface area contributed by atoms with Gasteiger partial charge < -0.3 is 10.6 Å². The Labute approximate surface area is 117 Å². The summed E-state index contributed by atoms with van der Waals surface area (Å²) >= 11 is 0. The van der Waals surface area contributed by atoms with Crippen LogP contribution in [-0.2, 0) is 0 Å². The molecular formula is C14H19N3O3. The van der Waals surface area contributed by atoms with Crippen LogP contribution in [-0.4, -0.2) is 30.0 Å². The molecule has 2 N–H and O–H groups in total. The summed E-state index contributed by atoms with van der Waals surface area (Å²) in [6.45, 7) is 5.53. The molecule has 2 atom stereocenters. The van der Waals surface area contributed by atoms with E-state index in [0.717, 1.165) is 19.5 Å². The third kappa shape index (κ3) is 3.14. The lowest BCUT2D eigenvalue weighted by molar-refractivity contribution is -0.385. The Bertz CT molecular complexity index is 530. The van der Waals surface area contributed by atoms with E-state index in [1.165, 1.54) is 12.1 Å². The molecule has 0 aliphatic carbocycles. The Kier molecular flexibility index (Phi) is 4.34. The van der Waals surface area contributed by atoms with Crippen LogP contribution in [0.3, 0.4) is 0 Å². The van der Waals surface area contributed by atoms with Crippen molar-refractivity contribution in [3.05, 3.63) is 39.4 Å². The zero-order chi connectivity index (χ0) is 14.7. The second-order valence-corrected chi connectivity index (χ2v) is 5.31. The third-order valence-corrected chi connectivity index (χ3v) is 3.76. The van der Waals surface area contributed by atoms with Gasteiger partial charge in [0.2, 0.25) is 0 Å². The summed E-state index contributed by atoms with van der Waals surface area (Å²) in [7, 11) is 0. The molecule has 1 aromatic carbocycles. The predicted molar refractivity (Wildman–Crippen MR) is 75.7 cm³/mol. The van der Waals surface area contributed by atoms with Gasteiger partial charge in [0.25, 0.3) is 11.6 Å². The molecule has 1 fully saturated rings. The lowest BCUT2D eigenvalue weighted by Gasteiger charge is -2.30. The van der Waals surface area contributed by atoms with Crippen molar-refractivity contribution >= 4 is 11.6 Å². The molecule has 108 valence electrons. The summed E-state index contributed by atoms with van der Waals surface area (Å²) in [5.41, 5.74) is 1.01. The maximum absolute atomic E-state index is 12.2. The fourth-order valence-electron chi connectivity index (χ4n) is 2.48. The van der Waals surface area contributed by atoms with Gasteiger partial charge in [0.1, 0.15) is 0 Å². The van der Waals surface area contributed by atoms with E-state index in [9.17, 15) is 14.9 Å². The minimum atomic E-state index is -0.439. The van der Waals surface area contributed by atoms with Gasteiger partial charge in [-0.1, -0.05) is 6.92 Å². The van der Waals surface area contributed by atoms with Crippen LogP contribution in [0.1, 0.15) is 29.3 Å². The first kappa shape index (κ1) is 14.5. The van der Waals surface area contributed by atoms with E-state index in [4.69, 9.17) is 0 Å². The average molecular weight is 277 g/mol. The second-order valence-electron chi connectivity index (χ2n) is 5.31. The Hall–Kier alpha value is -1.95. The molecule has 0 spiro atoms. The molecule has 0 aromatic heterocycles. The van der Waals surface area contributed by atoms with E-state index in [2.05, 4.69) is 17.6 Å². The van der Waals surface area contributed by atoms with Crippen LogP contribution in [0.15, 0.2) is 18.2 Å². The Balaban J connectivity index is 2.09. The maximum atomic E-state index is 12.2. The molecular weight excluding hydrogens is 258 g/mol. The molecule has 1 amide bonds. The number of aryl methyl sites for hydroxylation is 1. The van der Waals surface area contributed by atoms with Gasteiger partial charge in [-0.15, -0.1) is 0 Å². The van der Waals surface area contributed by atoms with Crippen molar-refractivity contribution in [3.8, 4) is 0 Å². The zero-order valence-electron chi connectivity index (χ0n) is 11.7. The van der Waals surface area contributed by atoms with Crippen LogP contribution >= 0.6 is 0 Å². The Morgan fingerprint density at radius 1 is 1.50 bits per heavy atom. The fourth-order valence-corrected chi connectivity index (χ4v) is 2.48. The van der Waals surface area contributed by atoms with E-state index in [1.54, 1.807) is 13.0 Å². The molecule has 20 heavy (non-hydrogen) atoms. The summed E-state index contributed by atoms with van der Waals surface area (Å²) < 4.78 is 0. The number of amides is 1. The normalized spacial score (nSPS) is 22.3. The summed E-state index contributed by atoms with van der Waals surface area (Å²) in [4.78, 5) is 22.5. The molecule has 2 unspecified atom stereocenters. The van der Waals surface area contributed by atoms with Gasteiger partial charge in [0.15, 0.2) is 0 Å². The number of nitro groups is 1. The Morgan fingerprint density at radius 3 is 2.85 bits per heavy atom. The molecule has 6 nitrogen and oxygen atoms in total. The highest BCUT2D eigenvalue weighted by molar-refractivity contribution is 5.94. The second kappa shape index (κ2) is 6.00. The number of carbonyl (C=O) groups excluding carboxylic acids is 1. The van der Waals surface area contributed by atoms with Crippen LogP contribution in [0.5, 0.6) is 0 Å². The van der Waals surface area contributed by atoms with Crippen LogP contribution in [0, 0.1) is 23.0 Å². The average Bonchev–Trinajstić information content (AvgIpc) is 2.40. The van der Waals surface area contributed by atoms with E-state index in [-0.39, 0.29) is 17.6 Å². The first-order chi connectivity index (χ1) is 9.49. The minimum Gasteiger partial charge on any atom is -0.349 e. The highest BCUT2D eigenvalue weighted by Gasteiger charge is 2.23. The standard InChI is InChI=1S/C14H19N3O3/c1-9-7-11(3-4-13(9)17(19)20)14(18)16-12-5-6-15-8-10(12)2/h3-4,7,10,12,15H,5-6,8H2,1-2H3,(H,16,18).